The van der Waals surface area contributed by atoms with Gasteiger partial charge in [-0.1, -0.05) is 23.7 Å². The maximum atomic E-state index is 9.44. The Labute approximate surface area is 142 Å². The quantitative estimate of drug-likeness (QED) is 0.622. The number of aromatic amines is 1. The first kappa shape index (κ1) is 14.4. The molecule has 7 heteroatoms. The minimum absolute atomic E-state index is 0.506. The Morgan fingerprint density at radius 2 is 2.00 bits per heavy atom. The van der Waals surface area contributed by atoms with E-state index in [-0.39, 0.29) is 0 Å². The van der Waals surface area contributed by atoms with Crippen LogP contribution in [-0.4, -0.2) is 25.2 Å². The average Bonchev–Trinajstić information content (AvgIpc) is 3.25. The Balaban J connectivity index is 1.79. The number of hydrogen-bond donors (Lipinski definition) is 1. The number of fused-ring (bicyclic) bond motifs is 1. The van der Waals surface area contributed by atoms with Crippen molar-refractivity contribution in [3.8, 4) is 17.5 Å². The third-order valence-electron chi connectivity index (χ3n) is 3.87. The molecule has 0 aliphatic heterocycles. The Morgan fingerprint density at radius 1 is 1.17 bits per heavy atom. The topological polar surface area (TPSA) is 83.2 Å². The van der Waals surface area contributed by atoms with Crippen LogP contribution in [0, 0.1) is 11.3 Å². The molecule has 4 aromatic rings. The van der Waals surface area contributed by atoms with Gasteiger partial charge in [-0.3, -0.25) is 0 Å². The molecule has 0 saturated carbocycles. The Kier molecular flexibility index (Phi) is 3.48. The van der Waals surface area contributed by atoms with Crippen molar-refractivity contribution < 1.29 is 0 Å². The van der Waals surface area contributed by atoms with Crippen LogP contribution in [-0.2, 0) is 6.54 Å². The van der Waals surface area contributed by atoms with Gasteiger partial charge in [0.2, 0.25) is 5.82 Å². The second-order valence-corrected chi connectivity index (χ2v) is 5.81. The summed E-state index contributed by atoms with van der Waals surface area (Å²) < 4.78 is 2.05. The number of tetrazole rings is 1. The summed E-state index contributed by atoms with van der Waals surface area (Å²) in [7, 11) is 0. The van der Waals surface area contributed by atoms with E-state index in [1.165, 1.54) is 0 Å². The predicted molar refractivity (Wildman–Crippen MR) is 90.4 cm³/mol. The maximum absolute atomic E-state index is 9.44. The lowest BCUT2D eigenvalue weighted by atomic mass is 10.1. The molecule has 6 nitrogen and oxygen atoms in total. The molecule has 0 spiro atoms. The normalized spacial score (nSPS) is 10.8. The summed E-state index contributed by atoms with van der Waals surface area (Å²) in [4.78, 5) is 0. The van der Waals surface area contributed by atoms with Crippen molar-refractivity contribution in [1.82, 2.24) is 25.2 Å². The largest absolute Gasteiger partial charge is 0.342 e. The van der Waals surface area contributed by atoms with Crippen LogP contribution in [0.2, 0.25) is 5.02 Å². The van der Waals surface area contributed by atoms with Gasteiger partial charge in [0, 0.05) is 34.2 Å². The maximum Gasteiger partial charge on any atom is 0.204 e. The van der Waals surface area contributed by atoms with Crippen LogP contribution in [0.1, 0.15) is 11.1 Å². The van der Waals surface area contributed by atoms with Gasteiger partial charge in [0.15, 0.2) is 0 Å². The third-order valence-corrected chi connectivity index (χ3v) is 4.12. The van der Waals surface area contributed by atoms with E-state index >= 15 is 0 Å². The van der Waals surface area contributed by atoms with Crippen LogP contribution in [0.3, 0.4) is 0 Å². The van der Waals surface area contributed by atoms with Gasteiger partial charge in [-0.15, -0.1) is 10.2 Å². The van der Waals surface area contributed by atoms with Crippen molar-refractivity contribution in [2.24, 2.45) is 0 Å². The molecule has 24 heavy (non-hydrogen) atoms. The molecular weight excluding hydrogens is 324 g/mol. The van der Waals surface area contributed by atoms with Crippen molar-refractivity contribution in [3.05, 3.63) is 64.8 Å². The zero-order chi connectivity index (χ0) is 16.5. The van der Waals surface area contributed by atoms with E-state index in [1.807, 2.05) is 48.7 Å². The van der Waals surface area contributed by atoms with Crippen LogP contribution in [0.15, 0.2) is 48.7 Å². The lowest BCUT2D eigenvalue weighted by Gasteiger charge is -2.06. The number of nitrogens with zero attached hydrogens (tertiary/aromatic N) is 5. The molecule has 0 aliphatic carbocycles. The van der Waals surface area contributed by atoms with Crippen LogP contribution in [0.4, 0.5) is 0 Å². The highest BCUT2D eigenvalue weighted by molar-refractivity contribution is 6.30. The second-order valence-electron chi connectivity index (χ2n) is 5.38. The first-order valence-electron chi connectivity index (χ1n) is 7.26. The molecule has 0 amide bonds. The van der Waals surface area contributed by atoms with E-state index in [4.69, 9.17) is 11.6 Å². The first-order chi connectivity index (χ1) is 11.7. The van der Waals surface area contributed by atoms with Gasteiger partial charge in [0.25, 0.3) is 0 Å². The van der Waals surface area contributed by atoms with Crippen molar-refractivity contribution in [3.63, 3.8) is 0 Å². The van der Waals surface area contributed by atoms with Crippen LogP contribution >= 0.6 is 11.6 Å². The summed E-state index contributed by atoms with van der Waals surface area (Å²) in [5.41, 5.74) is 3.53. The Hall–Kier alpha value is -3.17. The van der Waals surface area contributed by atoms with Gasteiger partial charge >= 0.3 is 0 Å². The smallest absolute Gasteiger partial charge is 0.204 e. The number of halogens is 1. The minimum atomic E-state index is 0.506. The molecule has 4 rings (SSSR count). The van der Waals surface area contributed by atoms with Gasteiger partial charge < -0.3 is 4.57 Å². The van der Waals surface area contributed by atoms with Crippen molar-refractivity contribution in [2.75, 3.05) is 0 Å². The molecule has 2 heterocycles. The highest BCUT2D eigenvalue weighted by atomic mass is 35.5. The highest BCUT2D eigenvalue weighted by Gasteiger charge is 2.12. The number of nitriles is 1. The van der Waals surface area contributed by atoms with Gasteiger partial charge in [0.1, 0.15) is 6.07 Å². The number of hydrogen-bond acceptors (Lipinski definition) is 4. The standard InChI is InChI=1S/C17H11ClN6/c18-14-4-1-11(2-5-14)9-24-10-13(8-19)15-7-12(3-6-16(15)24)17-20-22-23-21-17/h1-7,10H,9H2,(H,20,21,22,23). The highest BCUT2D eigenvalue weighted by Crippen LogP contribution is 2.26. The Morgan fingerprint density at radius 3 is 2.71 bits per heavy atom. The number of H-pyrrole nitrogens is 1. The molecule has 0 bridgehead atoms. The Bertz CT molecular complexity index is 1040. The average molecular weight is 335 g/mol. The molecular formula is C17H11ClN6. The minimum Gasteiger partial charge on any atom is -0.342 e. The van der Waals surface area contributed by atoms with Gasteiger partial charge in [0.05, 0.1) is 5.56 Å². The van der Waals surface area contributed by atoms with Gasteiger partial charge in [-0.25, -0.2) is 0 Å². The molecule has 0 saturated heterocycles. The summed E-state index contributed by atoms with van der Waals surface area (Å²) in [5.74, 6) is 0.506. The number of nitrogens with one attached hydrogen (secondary N) is 1. The van der Waals surface area contributed by atoms with Crippen molar-refractivity contribution in [1.29, 1.82) is 5.26 Å². The third kappa shape index (κ3) is 2.51. The molecule has 0 unspecified atom stereocenters. The molecule has 0 aliphatic rings. The van der Waals surface area contributed by atoms with E-state index < -0.39 is 0 Å². The summed E-state index contributed by atoms with van der Waals surface area (Å²) in [6.45, 7) is 0.664. The predicted octanol–water partition coefficient (Wildman–Crippen LogP) is 3.39. The fourth-order valence-electron chi connectivity index (χ4n) is 2.73. The molecule has 116 valence electrons. The molecule has 2 aromatic heterocycles. The van der Waals surface area contributed by atoms with Crippen LogP contribution in [0.5, 0.6) is 0 Å². The summed E-state index contributed by atoms with van der Waals surface area (Å²) in [5, 5.41) is 25.0. The van der Waals surface area contributed by atoms with Gasteiger partial charge in [-0.2, -0.15) is 10.5 Å². The summed E-state index contributed by atoms with van der Waals surface area (Å²) >= 11 is 5.93. The fourth-order valence-corrected chi connectivity index (χ4v) is 2.85. The first-order valence-corrected chi connectivity index (χ1v) is 7.63. The fraction of sp³-hybridized carbons (Fsp3) is 0.0588. The molecule has 0 radical (unpaired) electrons. The van der Waals surface area contributed by atoms with Crippen molar-refractivity contribution in [2.45, 2.75) is 6.54 Å². The number of aromatic nitrogens is 5. The molecule has 0 atom stereocenters. The van der Waals surface area contributed by atoms with E-state index in [1.54, 1.807) is 0 Å². The lowest BCUT2D eigenvalue weighted by Crippen LogP contribution is -1.97. The summed E-state index contributed by atoms with van der Waals surface area (Å²) in [6, 6.07) is 15.7. The van der Waals surface area contributed by atoms with E-state index in [0.29, 0.717) is 23.0 Å². The zero-order valence-corrected chi connectivity index (χ0v) is 13.2. The number of benzene rings is 2. The number of rotatable bonds is 3. The van der Waals surface area contributed by atoms with Crippen LogP contribution in [0.25, 0.3) is 22.3 Å². The lowest BCUT2D eigenvalue weighted by molar-refractivity contribution is 0.836. The monoisotopic (exact) mass is 334 g/mol. The summed E-state index contributed by atoms with van der Waals surface area (Å²) in [6.07, 6.45) is 1.86. The van der Waals surface area contributed by atoms with Gasteiger partial charge in [-0.05, 0) is 41.1 Å². The van der Waals surface area contributed by atoms with E-state index in [9.17, 15) is 5.26 Å². The molecule has 0 fully saturated rings. The molecule has 1 N–H and O–H groups in total. The van der Waals surface area contributed by atoms with E-state index in [0.717, 1.165) is 22.0 Å². The zero-order valence-electron chi connectivity index (χ0n) is 12.4. The van der Waals surface area contributed by atoms with Crippen molar-refractivity contribution >= 4 is 22.5 Å². The SMILES string of the molecule is N#Cc1cn(Cc2ccc(Cl)cc2)c2ccc(-c3nn[nH]n3)cc12. The molecule has 2 aromatic carbocycles. The van der Waals surface area contributed by atoms with E-state index in [2.05, 4.69) is 31.3 Å². The second kappa shape index (κ2) is 5.80. The van der Waals surface area contributed by atoms with Crippen LogP contribution < -0.4 is 0 Å².